The van der Waals surface area contributed by atoms with Gasteiger partial charge in [-0.05, 0) is 79.0 Å². The summed E-state index contributed by atoms with van der Waals surface area (Å²) in [4.78, 5) is 15.4. The van der Waals surface area contributed by atoms with Gasteiger partial charge in [-0.3, -0.25) is 4.90 Å². The highest BCUT2D eigenvalue weighted by molar-refractivity contribution is 5.69. The fourth-order valence-corrected chi connectivity index (χ4v) is 6.41. The summed E-state index contributed by atoms with van der Waals surface area (Å²) in [6.07, 6.45) is 4.17. The third-order valence-electron chi connectivity index (χ3n) is 8.74. The van der Waals surface area contributed by atoms with Gasteiger partial charge in [0.15, 0.2) is 0 Å². The van der Waals surface area contributed by atoms with Crippen LogP contribution >= 0.6 is 0 Å². The first-order valence-corrected chi connectivity index (χ1v) is 15.3. The molecule has 8 heteroatoms. The topological polar surface area (TPSA) is 69.3 Å². The van der Waals surface area contributed by atoms with Crippen molar-refractivity contribution in [1.82, 2.24) is 10.2 Å². The van der Waals surface area contributed by atoms with Crippen LogP contribution in [0.3, 0.4) is 0 Å². The predicted octanol–water partition coefficient (Wildman–Crippen LogP) is 6.46. The highest BCUT2D eigenvalue weighted by Crippen LogP contribution is 2.35. The van der Waals surface area contributed by atoms with Gasteiger partial charge in [0.25, 0.3) is 0 Å². The Morgan fingerprint density at radius 2 is 1.67 bits per heavy atom. The lowest BCUT2D eigenvalue weighted by Gasteiger charge is -2.34. The molecule has 1 saturated carbocycles. The second-order valence-electron chi connectivity index (χ2n) is 11.6. The standard InChI is InChI=1S/C35H43FN2O5/c1-40-23-30-20-33(37-21-25-11-15-31(41-2)16-12-25)34(38(30)35(39)43-22-26-7-4-3-5-8-26)24-42-32-17-13-27(14-18-32)28-9-6-10-29(36)19-28/h3-12,15-16,19,27,30,32-34,37H,13-14,17-18,20-24H2,1-2H3/t27?,30-,32?,33-,34-/m0/s1. The molecule has 5 rings (SSSR count). The minimum atomic E-state index is -0.358. The maximum absolute atomic E-state index is 13.8. The molecule has 3 aromatic rings. The van der Waals surface area contributed by atoms with Crippen molar-refractivity contribution in [2.24, 2.45) is 0 Å². The number of hydrogen-bond donors (Lipinski definition) is 1. The second kappa shape index (κ2) is 15.3. The van der Waals surface area contributed by atoms with Crippen molar-refractivity contribution in [1.29, 1.82) is 0 Å². The molecule has 0 radical (unpaired) electrons. The normalized spacial score (nSPS) is 23.7. The predicted molar refractivity (Wildman–Crippen MR) is 164 cm³/mol. The van der Waals surface area contributed by atoms with E-state index in [9.17, 15) is 9.18 Å². The average Bonchev–Trinajstić information content (AvgIpc) is 3.39. The summed E-state index contributed by atoms with van der Waals surface area (Å²) in [5.41, 5.74) is 3.13. The fourth-order valence-electron chi connectivity index (χ4n) is 6.41. The van der Waals surface area contributed by atoms with Crippen LogP contribution in [0, 0.1) is 5.82 Å². The molecule has 0 spiro atoms. The van der Waals surface area contributed by atoms with Gasteiger partial charge in [-0.1, -0.05) is 54.6 Å². The molecule has 1 heterocycles. The van der Waals surface area contributed by atoms with Crippen LogP contribution in [0.1, 0.15) is 54.7 Å². The van der Waals surface area contributed by atoms with Crippen molar-refractivity contribution in [3.8, 4) is 5.75 Å². The summed E-state index contributed by atoms with van der Waals surface area (Å²) < 4.78 is 37.0. The first-order chi connectivity index (χ1) is 21.0. The maximum Gasteiger partial charge on any atom is 0.410 e. The number of nitrogens with one attached hydrogen (secondary N) is 1. The zero-order valence-corrected chi connectivity index (χ0v) is 25.1. The van der Waals surface area contributed by atoms with E-state index in [4.69, 9.17) is 18.9 Å². The number of rotatable bonds is 12. The lowest BCUT2D eigenvalue weighted by molar-refractivity contribution is -0.0171. The van der Waals surface area contributed by atoms with Crippen molar-refractivity contribution < 1.29 is 28.1 Å². The van der Waals surface area contributed by atoms with Gasteiger partial charge in [0.1, 0.15) is 18.2 Å². The Labute approximate surface area is 254 Å². The molecule has 0 unspecified atom stereocenters. The second-order valence-corrected chi connectivity index (χ2v) is 11.6. The number of amides is 1. The van der Waals surface area contributed by atoms with E-state index in [0.29, 0.717) is 25.7 Å². The Morgan fingerprint density at radius 3 is 2.37 bits per heavy atom. The molecule has 3 atom stereocenters. The van der Waals surface area contributed by atoms with Gasteiger partial charge in [0, 0.05) is 19.7 Å². The molecular formula is C35H43FN2O5. The summed E-state index contributed by atoms with van der Waals surface area (Å²) in [5.74, 6) is 0.974. The first-order valence-electron chi connectivity index (χ1n) is 15.3. The van der Waals surface area contributed by atoms with Gasteiger partial charge in [-0.15, -0.1) is 0 Å². The van der Waals surface area contributed by atoms with Crippen LogP contribution in [0.4, 0.5) is 9.18 Å². The van der Waals surface area contributed by atoms with Crippen LogP contribution < -0.4 is 10.1 Å². The third-order valence-corrected chi connectivity index (χ3v) is 8.74. The van der Waals surface area contributed by atoms with Crippen molar-refractivity contribution in [3.05, 3.63) is 101 Å². The minimum Gasteiger partial charge on any atom is -0.497 e. The molecule has 1 aliphatic heterocycles. The van der Waals surface area contributed by atoms with Gasteiger partial charge in [-0.2, -0.15) is 0 Å². The van der Waals surface area contributed by atoms with Crippen LogP contribution in [0.5, 0.6) is 5.75 Å². The van der Waals surface area contributed by atoms with E-state index in [0.717, 1.165) is 54.5 Å². The monoisotopic (exact) mass is 590 g/mol. The molecule has 43 heavy (non-hydrogen) atoms. The Bertz CT molecular complexity index is 1280. The van der Waals surface area contributed by atoms with Crippen LogP contribution in [0.2, 0.25) is 0 Å². The van der Waals surface area contributed by atoms with Crippen LogP contribution in [0.25, 0.3) is 0 Å². The van der Waals surface area contributed by atoms with Gasteiger partial charge in [-0.25, -0.2) is 9.18 Å². The molecule has 1 amide bonds. The zero-order chi connectivity index (χ0) is 30.0. The number of halogens is 1. The van der Waals surface area contributed by atoms with E-state index in [1.54, 1.807) is 26.4 Å². The molecule has 1 N–H and O–H groups in total. The molecular weight excluding hydrogens is 547 g/mol. The van der Waals surface area contributed by atoms with Crippen LogP contribution in [-0.4, -0.2) is 62.7 Å². The third kappa shape index (κ3) is 8.34. The summed E-state index contributed by atoms with van der Waals surface area (Å²) in [5, 5.41) is 3.69. The van der Waals surface area contributed by atoms with E-state index in [1.807, 2.05) is 65.6 Å². The van der Waals surface area contributed by atoms with E-state index < -0.39 is 0 Å². The number of carbonyl (C=O) groups excluding carboxylic acids is 1. The lowest BCUT2D eigenvalue weighted by Crippen LogP contribution is -2.50. The average molecular weight is 591 g/mol. The minimum absolute atomic E-state index is 0.00448. The quantitative estimate of drug-likeness (QED) is 0.261. The molecule has 7 nitrogen and oxygen atoms in total. The number of nitrogens with zero attached hydrogens (tertiary/aromatic N) is 1. The van der Waals surface area contributed by atoms with E-state index in [2.05, 4.69) is 5.32 Å². The van der Waals surface area contributed by atoms with Gasteiger partial charge in [0.05, 0.1) is 38.5 Å². The highest BCUT2D eigenvalue weighted by atomic mass is 19.1. The first kappa shape index (κ1) is 31.0. The van der Waals surface area contributed by atoms with Gasteiger partial charge in [0.2, 0.25) is 0 Å². The van der Waals surface area contributed by atoms with Crippen LogP contribution in [0.15, 0.2) is 78.9 Å². The smallest absolute Gasteiger partial charge is 0.410 e. The van der Waals surface area contributed by atoms with E-state index in [-0.39, 0.29) is 42.7 Å². The molecule has 1 aliphatic carbocycles. The Balaban J connectivity index is 1.26. The number of ether oxygens (including phenoxy) is 4. The number of benzene rings is 3. The molecule has 230 valence electrons. The largest absolute Gasteiger partial charge is 0.497 e. The number of carbonyl (C=O) groups is 1. The maximum atomic E-state index is 13.8. The Kier molecular flexibility index (Phi) is 11.0. The number of methoxy groups -OCH3 is 2. The molecule has 0 aromatic heterocycles. The zero-order valence-electron chi connectivity index (χ0n) is 25.1. The fraction of sp³-hybridized carbons (Fsp3) is 0.457. The van der Waals surface area contributed by atoms with Crippen molar-refractivity contribution >= 4 is 6.09 Å². The number of likely N-dealkylation sites (tertiary alicyclic amines) is 1. The van der Waals surface area contributed by atoms with Crippen molar-refractivity contribution in [3.63, 3.8) is 0 Å². The molecule has 2 fully saturated rings. The van der Waals surface area contributed by atoms with E-state index in [1.165, 1.54) is 6.07 Å². The Morgan fingerprint density at radius 1 is 0.907 bits per heavy atom. The molecule has 0 bridgehead atoms. The van der Waals surface area contributed by atoms with Crippen molar-refractivity contribution in [2.45, 2.75) is 75.4 Å². The number of hydrogen-bond acceptors (Lipinski definition) is 6. The van der Waals surface area contributed by atoms with Crippen molar-refractivity contribution in [2.75, 3.05) is 27.4 Å². The van der Waals surface area contributed by atoms with Gasteiger partial charge < -0.3 is 24.3 Å². The van der Waals surface area contributed by atoms with Gasteiger partial charge >= 0.3 is 6.09 Å². The summed E-state index contributed by atoms with van der Waals surface area (Å²) in [6.45, 7) is 1.67. The lowest BCUT2D eigenvalue weighted by atomic mass is 9.82. The summed E-state index contributed by atoms with van der Waals surface area (Å²) in [6, 6.07) is 24.3. The highest BCUT2D eigenvalue weighted by Gasteiger charge is 2.45. The summed E-state index contributed by atoms with van der Waals surface area (Å²) in [7, 11) is 3.32. The van der Waals surface area contributed by atoms with E-state index >= 15 is 0 Å². The Hall–Kier alpha value is -3.46. The SMILES string of the molecule is COC[C@@H]1C[C@H](NCc2ccc(OC)cc2)[C@H](COC2CCC(c3cccc(F)c3)CC2)N1C(=O)OCc1ccccc1. The summed E-state index contributed by atoms with van der Waals surface area (Å²) >= 11 is 0. The molecule has 3 aromatic carbocycles. The molecule has 2 aliphatic rings. The van der Waals surface area contributed by atoms with Crippen LogP contribution in [-0.2, 0) is 27.4 Å². The molecule has 1 saturated heterocycles.